The summed E-state index contributed by atoms with van der Waals surface area (Å²) in [5, 5.41) is 16.4. The molecule has 4 atom stereocenters. The minimum absolute atomic E-state index is 0.00606. The third-order valence-electron chi connectivity index (χ3n) is 8.75. The number of benzene rings is 2. The van der Waals surface area contributed by atoms with Crippen molar-refractivity contribution >= 4 is 25.3 Å². The standard InChI is InChI=1S/C35H50N3O7P/c1-27(21-37-34(41)32-18-11-19-38(32)35(42)44-23-28-12-5-2-6-13-28)20-33(40)36-22-31(39)26-46(43,25-30-16-9-4-10-17-30)45-24-29-14-7-3-8-15-29/h2-3,5-8,12-15,27,30-32,39H,4,9-11,16-26H2,1H3,(H,36,40)(H,37,41)/t27-,31+,32-,46?/m0/s1. The molecule has 1 aliphatic carbocycles. The van der Waals surface area contributed by atoms with E-state index in [-0.39, 0.29) is 56.6 Å². The molecular formula is C35H50N3O7P. The molecular weight excluding hydrogens is 605 g/mol. The molecule has 0 bridgehead atoms. The highest BCUT2D eigenvalue weighted by Gasteiger charge is 2.35. The van der Waals surface area contributed by atoms with Crippen LogP contribution in [0.5, 0.6) is 0 Å². The Kier molecular flexibility index (Phi) is 14.1. The molecule has 3 amide bonds. The zero-order chi connectivity index (χ0) is 32.8. The molecule has 10 nitrogen and oxygen atoms in total. The zero-order valence-corrected chi connectivity index (χ0v) is 27.9. The fraction of sp³-hybridized carbons (Fsp3) is 0.571. The molecule has 2 fully saturated rings. The maximum Gasteiger partial charge on any atom is 0.410 e. The maximum atomic E-state index is 13.9. The van der Waals surface area contributed by atoms with E-state index in [1.165, 1.54) is 11.3 Å². The fourth-order valence-electron chi connectivity index (χ4n) is 6.24. The predicted octanol–water partition coefficient (Wildman–Crippen LogP) is 5.48. The lowest BCUT2D eigenvalue weighted by atomic mass is 9.91. The largest absolute Gasteiger partial charge is 0.445 e. The highest BCUT2D eigenvalue weighted by molar-refractivity contribution is 7.59. The van der Waals surface area contributed by atoms with Crippen LogP contribution in [0.15, 0.2) is 60.7 Å². The van der Waals surface area contributed by atoms with E-state index >= 15 is 0 Å². The van der Waals surface area contributed by atoms with Crippen LogP contribution in [0.4, 0.5) is 4.79 Å². The molecule has 252 valence electrons. The van der Waals surface area contributed by atoms with Gasteiger partial charge in [-0.3, -0.25) is 19.1 Å². The topological polar surface area (TPSA) is 134 Å². The quantitative estimate of drug-likeness (QED) is 0.204. The van der Waals surface area contributed by atoms with Gasteiger partial charge in [-0.05, 0) is 48.6 Å². The summed E-state index contributed by atoms with van der Waals surface area (Å²) in [6.45, 7) is 2.92. The SMILES string of the molecule is C[C@H](CNC(=O)[C@@H]1CCCN1C(=O)OCc1ccccc1)CC(=O)NC[C@@H](O)CP(=O)(CC1CCCCC1)OCc1ccccc1. The number of nitrogens with zero attached hydrogens (tertiary/aromatic N) is 1. The van der Waals surface area contributed by atoms with E-state index in [9.17, 15) is 24.1 Å². The van der Waals surface area contributed by atoms with Crippen LogP contribution in [0.2, 0.25) is 0 Å². The molecule has 1 heterocycles. The van der Waals surface area contributed by atoms with Crippen LogP contribution < -0.4 is 10.6 Å². The van der Waals surface area contributed by atoms with E-state index in [0.29, 0.717) is 31.5 Å². The van der Waals surface area contributed by atoms with Gasteiger partial charge in [-0.25, -0.2) is 4.79 Å². The molecule has 2 aliphatic rings. The number of aliphatic hydroxyl groups excluding tert-OH is 1. The van der Waals surface area contributed by atoms with Gasteiger partial charge in [0.1, 0.15) is 12.6 Å². The molecule has 1 saturated heterocycles. The number of carbonyl (C=O) groups is 3. The van der Waals surface area contributed by atoms with Gasteiger partial charge in [0.05, 0.1) is 18.9 Å². The molecule has 0 spiro atoms. The molecule has 4 rings (SSSR count). The minimum Gasteiger partial charge on any atom is -0.445 e. The Morgan fingerprint density at radius 1 is 0.891 bits per heavy atom. The molecule has 0 radical (unpaired) electrons. The van der Waals surface area contributed by atoms with Crippen LogP contribution in [-0.2, 0) is 36.6 Å². The van der Waals surface area contributed by atoms with Crippen molar-refractivity contribution in [3.05, 3.63) is 71.8 Å². The van der Waals surface area contributed by atoms with Gasteiger partial charge in [0.15, 0.2) is 0 Å². The lowest BCUT2D eigenvalue weighted by Crippen LogP contribution is -2.47. The smallest absolute Gasteiger partial charge is 0.410 e. The Bertz CT molecular complexity index is 1290. The Morgan fingerprint density at radius 2 is 1.54 bits per heavy atom. The van der Waals surface area contributed by atoms with Crippen LogP contribution in [0, 0.1) is 11.8 Å². The van der Waals surface area contributed by atoms with Crippen LogP contribution in [0.1, 0.15) is 69.4 Å². The predicted molar refractivity (Wildman–Crippen MR) is 177 cm³/mol. The lowest BCUT2D eigenvalue weighted by molar-refractivity contribution is -0.126. The van der Waals surface area contributed by atoms with Crippen molar-refractivity contribution in [2.75, 3.05) is 32.0 Å². The van der Waals surface area contributed by atoms with Gasteiger partial charge in [0.2, 0.25) is 19.2 Å². The zero-order valence-electron chi connectivity index (χ0n) is 27.0. The van der Waals surface area contributed by atoms with Crippen LogP contribution in [0.25, 0.3) is 0 Å². The number of rotatable bonds is 16. The van der Waals surface area contributed by atoms with Gasteiger partial charge >= 0.3 is 6.09 Å². The van der Waals surface area contributed by atoms with Crippen molar-refractivity contribution in [2.24, 2.45) is 11.8 Å². The summed E-state index contributed by atoms with van der Waals surface area (Å²) in [6, 6.07) is 18.4. The summed E-state index contributed by atoms with van der Waals surface area (Å²) < 4.78 is 25.4. The van der Waals surface area contributed by atoms with Gasteiger partial charge < -0.3 is 25.0 Å². The molecule has 1 unspecified atom stereocenters. The number of aliphatic hydroxyl groups is 1. The van der Waals surface area contributed by atoms with E-state index in [2.05, 4.69) is 10.6 Å². The van der Waals surface area contributed by atoms with Crippen molar-refractivity contribution in [3.8, 4) is 0 Å². The van der Waals surface area contributed by atoms with Crippen LogP contribution >= 0.6 is 7.37 Å². The van der Waals surface area contributed by atoms with Crippen molar-refractivity contribution < 1.29 is 33.3 Å². The second-order valence-electron chi connectivity index (χ2n) is 12.8. The summed E-state index contributed by atoms with van der Waals surface area (Å²) in [5.41, 5.74) is 1.80. The van der Waals surface area contributed by atoms with Gasteiger partial charge in [0, 0.05) is 32.2 Å². The lowest BCUT2D eigenvalue weighted by Gasteiger charge is -2.28. The summed E-state index contributed by atoms with van der Waals surface area (Å²) in [7, 11) is -3.15. The van der Waals surface area contributed by atoms with Gasteiger partial charge in [0.25, 0.3) is 0 Å². The fourth-order valence-corrected chi connectivity index (χ4v) is 8.91. The first-order valence-electron chi connectivity index (χ1n) is 16.7. The van der Waals surface area contributed by atoms with Crippen molar-refractivity contribution in [1.29, 1.82) is 0 Å². The molecule has 0 aromatic heterocycles. The summed E-state index contributed by atoms with van der Waals surface area (Å²) in [5.74, 6) is -0.377. The normalized spacial score (nSPS) is 19.5. The molecule has 2 aromatic rings. The molecule has 1 saturated carbocycles. The first kappa shape index (κ1) is 35.7. The highest BCUT2D eigenvalue weighted by Crippen LogP contribution is 2.51. The number of ether oxygens (including phenoxy) is 1. The molecule has 1 aliphatic heterocycles. The third-order valence-corrected chi connectivity index (χ3v) is 11.4. The molecule has 3 N–H and O–H groups in total. The number of hydrogen-bond donors (Lipinski definition) is 3. The van der Waals surface area contributed by atoms with E-state index < -0.39 is 25.6 Å². The van der Waals surface area contributed by atoms with E-state index in [0.717, 1.165) is 36.8 Å². The summed E-state index contributed by atoms with van der Waals surface area (Å²) in [6.07, 6.45) is 5.84. The van der Waals surface area contributed by atoms with E-state index in [1.807, 2.05) is 67.6 Å². The van der Waals surface area contributed by atoms with E-state index in [4.69, 9.17) is 9.26 Å². The Balaban J connectivity index is 1.18. The number of hydrogen-bond acceptors (Lipinski definition) is 7. The number of carbonyl (C=O) groups excluding carboxylic acids is 3. The number of amides is 3. The average Bonchev–Trinajstić information content (AvgIpc) is 3.56. The van der Waals surface area contributed by atoms with Gasteiger partial charge in [-0.15, -0.1) is 0 Å². The molecule has 11 heteroatoms. The highest BCUT2D eigenvalue weighted by atomic mass is 31.2. The third kappa shape index (κ3) is 11.9. The van der Waals surface area contributed by atoms with Gasteiger partial charge in [-0.1, -0.05) is 86.8 Å². The Morgan fingerprint density at radius 3 is 2.22 bits per heavy atom. The van der Waals surface area contributed by atoms with Crippen molar-refractivity contribution in [3.63, 3.8) is 0 Å². The molecule has 2 aromatic carbocycles. The molecule has 46 heavy (non-hydrogen) atoms. The van der Waals surface area contributed by atoms with Crippen LogP contribution in [0.3, 0.4) is 0 Å². The maximum absolute atomic E-state index is 13.9. The summed E-state index contributed by atoms with van der Waals surface area (Å²) >= 11 is 0. The number of likely N-dealkylation sites (tertiary alicyclic amines) is 1. The monoisotopic (exact) mass is 655 g/mol. The van der Waals surface area contributed by atoms with Crippen molar-refractivity contribution in [1.82, 2.24) is 15.5 Å². The van der Waals surface area contributed by atoms with E-state index in [1.54, 1.807) is 0 Å². The van der Waals surface area contributed by atoms with Crippen LogP contribution in [-0.4, -0.2) is 72.0 Å². The summed E-state index contributed by atoms with van der Waals surface area (Å²) in [4.78, 5) is 39.7. The van der Waals surface area contributed by atoms with Crippen molar-refractivity contribution in [2.45, 2.75) is 83.6 Å². The minimum atomic E-state index is -3.15. The second kappa shape index (κ2) is 18.2. The Labute approximate surface area is 273 Å². The number of nitrogens with one attached hydrogen (secondary N) is 2. The average molecular weight is 656 g/mol. The first-order chi connectivity index (χ1) is 22.2. The Hall–Kier alpha value is -3.20. The first-order valence-corrected chi connectivity index (χ1v) is 18.7. The second-order valence-corrected chi connectivity index (χ2v) is 15.5. The van der Waals surface area contributed by atoms with Gasteiger partial charge in [-0.2, -0.15) is 0 Å².